The van der Waals surface area contributed by atoms with Crippen LogP contribution in [0, 0.1) is 0 Å². The number of nitrogens with one attached hydrogen (secondary N) is 4. The Bertz CT molecular complexity index is 998. The molecule has 0 unspecified atom stereocenters. The van der Waals surface area contributed by atoms with Gasteiger partial charge in [0.1, 0.15) is 5.75 Å². The van der Waals surface area contributed by atoms with Gasteiger partial charge in [0.05, 0.1) is 0 Å². The molecule has 146 valence electrons. The summed E-state index contributed by atoms with van der Waals surface area (Å²) >= 11 is 10.4. The van der Waals surface area contributed by atoms with Crippen LogP contribution < -0.4 is 26.2 Å². The molecule has 0 heterocycles. The first-order chi connectivity index (χ1) is 14.1. The highest BCUT2D eigenvalue weighted by Crippen LogP contribution is 2.15. The standard InChI is InChI=1S/C21H18N4O2S2/c26-19(24-25-20(28)22-16-9-3-1-4-10-16)15-8-7-13-18(14-15)27-21(29)23-17-11-5-2-6-12-17/h1-14H,(H,23,29)(H,24,26)(H2,22,25,28). The van der Waals surface area contributed by atoms with Gasteiger partial charge in [-0.05, 0) is 66.9 Å². The number of rotatable bonds is 4. The first kappa shape index (κ1) is 20.2. The van der Waals surface area contributed by atoms with Crippen molar-refractivity contribution in [2.45, 2.75) is 0 Å². The van der Waals surface area contributed by atoms with Crippen molar-refractivity contribution < 1.29 is 9.53 Å². The van der Waals surface area contributed by atoms with E-state index in [1.165, 1.54) is 0 Å². The van der Waals surface area contributed by atoms with E-state index in [1.807, 2.05) is 60.7 Å². The number of benzene rings is 3. The van der Waals surface area contributed by atoms with E-state index in [2.05, 4.69) is 21.5 Å². The molecule has 0 aliphatic rings. The number of hydrogen-bond acceptors (Lipinski definition) is 4. The third-order valence-electron chi connectivity index (χ3n) is 3.65. The zero-order valence-corrected chi connectivity index (χ0v) is 16.8. The second kappa shape index (κ2) is 10.2. The summed E-state index contributed by atoms with van der Waals surface area (Å²) in [4.78, 5) is 12.4. The van der Waals surface area contributed by atoms with Crippen molar-refractivity contribution in [3.05, 3.63) is 90.5 Å². The summed E-state index contributed by atoms with van der Waals surface area (Å²) < 4.78 is 5.60. The number of amides is 1. The first-order valence-corrected chi connectivity index (χ1v) is 9.48. The van der Waals surface area contributed by atoms with Crippen molar-refractivity contribution in [2.75, 3.05) is 10.6 Å². The SMILES string of the molecule is O=C(NNC(=S)Nc1ccccc1)c1cccc(OC(=S)Nc2ccccc2)c1. The average molecular weight is 423 g/mol. The fourth-order valence-electron chi connectivity index (χ4n) is 2.34. The van der Waals surface area contributed by atoms with Gasteiger partial charge in [-0.25, -0.2) is 0 Å². The van der Waals surface area contributed by atoms with Gasteiger partial charge in [-0.3, -0.25) is 15.6 Å². The molecule has 0 aromatic heterocycles. The van der Waals surface area contributed by atoms with E-state index < -0.39 is 0 Å². The van der Waals surface area contributed by atoms with Crippen LogP contribution in [-0.4, -0.2) is 16.2 Å². The fraction of sp³-hybridized carbons (Fsp3) is 0. The Hall–Kier alpha value is -3.49. The van der Waals surface area contributed by atoms with Gasteiger partial charge in [0.25, 0.3) is 11.1 Å². The average Bonchev–Trinajstić information content (AvgIpc) is 2.73. The molecule has 0 saturated carbocycles. The van der Waals surface area contributed by atoms with Crippen LogP contribution in [0.3, 0.4) is 0 Å². The van der Waals surface area contributed by atoms with Gasteiger partial charge in [-0.2, -0.15) is 0 Å². The highest BCUT2D eigenvalue weighted by atomic mass is 32.1. The van der Waals surface area contributed by atoms with E-state index in [1.54, 1.807) is 24.3 Å². The lowest BCUT2D eigenvalue weighted by Crippen LogP contribution is -2.43. The van der Waals surface area contributed by atoms with E-state index >= 15 is 0 Å². The van der Waals surface area contributed by atoms with Crippen molar-refractivity contribution in [1.29, 1.82) is 0 Å². The van der Waals surface area contributed by atoms with Gasteiger partial charge >= 0.3 is 0 Å². The molecule has 0 aliphatic heterocycles. The van der Waals surface area contributed by atoms with Crippen molar-refractivity contribution in [2.24, 2.45) is 0 Å². The van der Waals surface area contributed by atoms with Crippen LogP contribution in [-0.2, 0) is 0 Å². The van der Waals surface area contributed by atoms with E-state index in [-0.39, 0.29) is 16.2 Å². The highest BCUT2D eigenvalue weighted by Gasteiger charge is 2.09. The number of carbonyl (C=O) groups is 1. The predicted octanol–water partition coefficient (Wildman–Crippen LogP) is 4.09. The largest absolute Gasteiger partial charge is 0.432 e. The molecule has 3 aromatic carbocycles. The van der Waals surface area contributed by atoms with Crippen LogP contribution in [0.25, 0.3) is 0 Å². The predicted molar refractivity (Wildman–Crippen MR) is 123 cm³/mol. The Morgan fingerprint density at radius 2 is 1.34 bits per heavy atom. The molecule has 29 heavy (non-hydrogen) atoms. The van der Waals surface area contributed by atoms with Crippen LogP contribution >= 0.6 is 24.4 Å². The summed E-state index contributed by atoms with van der Waals surface area (Å²) in [6.45, 7) is 0. The number of ether oxygens (including phenoxy) is 1. The van der Waals surface area contributed by atoms with Gasteiger partial charge in [0.2, 0.25) is 0 Å². The summed E-state index contributed by atoms with van der Waals surface area (Å²) in [5.41, 5.74) is 7.22. The molecule has 0 radical (unpaired) electrons. The van der Waals surface area contributed by atoms with Gasteiger partial charge in [-0.15, -0.1) is 0 Å². The summed E-state index contributed by atoms with van der Waals surface area (Å²) in [7, 11) is 0. The number of para-hydroxylation sites is 2. The van der Waals surface area contributed by atoms with E-state index in [4.69, 9.17) is 29.2 Å². The molecule has 0 atom stereocenters. The van der Waals surface area contributed by atoms with Crippen molar-refractivity contribution >= 4 is 52.0 Å². The maximum absolute atomic E-state index is 12.4. The molecule has 0 spiro atoms. The number of thiocarbonyl (C=S) groups is 2. The Kier molecular flexibility index (Phi) is 7.10. The third-order valence-corrected chi connectivity index (χ3v) is 4.04. The molecule has 3 aromatic rings. The van der Waals surface area contributed by atoms with Crippen LogP contribution in [0.4, 0.5) is 11.4 Å². The third kappa shape index (κ3) is 6.56. The van der Waals surface area contributed by atoms with Crippen LogP contribution in [0.2, 0.25) is 0 Å². The topological polar surface area (TPSA) is 74.4 Å². The lowest BCUT2D eigenvalue weighted by atomic mass is 10.2. The summed E-state index contributed by atoms with van der Waals surface area (Å²) in [5, 5.41) is 6.39. The molecule has 6 nitrogen and oxygen atoms in total. The van der Waals surface area contributed by atoms with Crippen molar-refractivity contribution in [1.82, 2.24) is 10.9 Å². The second-order valence-electron chi connectivity index (χ2n) is 5.81. The van der Waals surface area contributed by atoms with E-state index in [0.717, 1.165) is 11.4 Å². The zero-order valence-electron chi connectivity index (χ0n) is 15.2. The molecule has 8 heteroatoms. The Labute approximate surface area is 179 Å². The zero-order chi connectivity index (χ0) is 20.5. The van der Waals surface area contributed by atoms with Crippen LogP contribution in [0.15, 0.2) is 84.9 Å². The minimum Gasteiger partial charge on any atom is -0.432 e. The maximum Gasteiger partial charge on any atom is 0.269 e. The minimum atomic E-state index is -0.366. The molecule has 1 amide bonds. The second-order valence-corrected chi connectivity index (χ2v) is 6.59. The number of anilines is 2. The van der Waals surface area contributed by atoms with Crippen molar-refractivity contribution in [3.63, 3.8) is 0 Å². The normalized spacial score (nSPS) is 9.79. The molecule has 0 bridgehead atoms. The molecule has 0 fully saturated rings. The summed E-state index contributed by atoms with van der Waals surface area (Å²) in [6.07, 6.45) is 0. The Morgan fingerprint density at radius 3 is 2.00 bits per heavy atom. The summed E-state index contributed by atoms with van der Waals surface area (Å²) in [5.74, 6) is 0.0747. The monoisotopic (exact) mass is 422 g/mol. The molecular weight excluding hydrogens is 404 g/mol. The number of hydrogen-bond donors (Lipinski definition) is 4. The number of hydrazine groups is 1. The number of carbonyl (C=O) groups excluding carboxylic acids is 1. The minimum absolute atomic E-state index is 0.181. The van der Waals surface area contributed by atoms with Crippen LogP contribution in [0.1, 0.15) is 10.4 Å². The Balaban J connectivity index is 1.52. The van der Waals surface area contributed by atoms with Crippen molar-refractivity contribution in [3.8, 4) is 5.75 Å². The molecule has 0 aliphatic carbocycles. The molecule has 0 saturated heterocycles. The van der Waals surface area contributed by atoms with Gasteiger partial charge in [0.15, 0.2) is 5.11 Å². The van der Waals surface area contributed by atoms with E-state index in [9.17, 15) is 4.79 Å². The van der Waals surface area contributed by atoms with Crippen LogP contribution in [0.5, 0.6) is 5.75 Å². The summed E-state index contributed by atoms with van der Waals surface area (Å²) in [6, 6.07) is 25.5. The van der Waals surface area contributed by atoms with Gasteiger partial charge in [-0.1, -0.05) is 42.5 Å². The quantitative estimate of drug-likeness (QED) is 0.373. The van der Waals surface area contributed by atoms with E-state index in [0.29, 0.717) is 11.3 Å². The molecule has 3 rings (SSSR count). The lowest BCUT2D eigenvalue weighted by Gasteiger charge is -2.12. The van der Waals surface area contributed by atoms with Gasteiger partial charge in [0, 0.05) is 16.9 Å². The Morgan fingerprint density at radius 1 is 0.724 bits per heavy atom. The fourth-order valence-corrected chi connectivity index (χ4v) is 2.73. The van der Waals surface area contributed by atoms with Gasteiger partial charge < -0.3 is 15.4 Å². The first-order valence-electron chi connectivity index (χ1n) is 8.66. The molecule has 4 N–H and O–H groups in total. The molecular formula is C21H18N4O2S2. The lowest BCUT2D eigenvalue weighted by molar-refractivity contribution is 0.0944. The maximum atomic E-state index is 12.4. The highest BCUT2D eigenvalue weighted by molar-refractivity contribution is 7.80. The smallest absolute Gasteiger partial charge is 0.269 e.